The highest BCUT2D eigenvalue weighted by Gasteiger charge is 2.55. The van der Waals surface area contributed by atoms with E-state index in [1.807, 2.05) is 13.8 Å². The summed E-state index contributed by atoms with van der Waals surface area (Å²) in [6.45, 7) is 12.1. The lowest BCUT2D eigenvalue weighted by atomic mass is 9.74. The van der Waals surface area contributed by atoms with Gasteiger partial charge in [-0.15, -0.1) is 13.2 Å². The Morgan fingerprint density at radius 2 is 1.94 bits per heavy atom. The summed E-state index contributed by atoms with van der Waals surface area (Å²) in [4.78, 5) is 12.2. The Balaban J connectivity index is 3.09. The topological polar surface area (TPSA) is 35.5 Å². The number of ketones is 1. The van der Waals surface area contributed by atoms with Crippen molar-refractivity contribution >= 4 is 5.78 Å². The molecule has 0 heterocycles. The first kappa shape index (κ1) is 13.7. The van der Waals surface area contributed by atoms with Gasteiger partial charge in [-0.3, -0.25) is 4.79 Å². The molecule has 1 aliphatic carbocycles. The van der Waals surface area contributed by atoms with Crippen LogP contribution >= 0.6 is 0 Å². The third kappa shape index (κ3) is 2.20. The molecule has 0 N–H and O–H groups in total. The van der Waals surface area contributed by atoms with Crippen molar-refractivity contribution < 1.29 is 14.3 Å². The summed E-state index contributed by atoms with van der Waals surface area (Å²) in [5.74, 6) is 0.661. The van der Waals surface area contributed by atoms with Crippen LogP contribution in [0.5, 0.6) is 0 Å². The molecule has 0 saturated heterocycles. The summed E-state index contributed by atoms with van der Waals surface area (Å²) in [6, 6.07) is 0. The number of hydrogen-bond acceptors (Lipinski definition) is 3. The smallest absolute Gasteiger partial charge is 0.202 e. The number of rotatable bonds is 8. The number of allylic oxidation sites excluding steroid dienone is 1. The van der Waals surface area contributed by atoms with Crippen LogP contribution in [-0.2, 0) is 14.3 Å². The van der Waals surface area contributed by atoms with Crippen LogP contribution in [0.1, 0.15) is 26.7 Å². The van der Waals surface area contributed by atoms with Crippen molar-refractivity contribution in [1.82, 2.24) is 0 Å². The molecule has 0 aromatic carbocycles. The quantitative estimate of drug-likeness (QED) is 0.608. The molecule has 0 aromatic rings. The number of ether oxygens (including phenoxy) is 2. The van der Waals surface area contributed by atoms with E-state index in [0.29, 0.717) is 37.4 Å². The van der Waals surface area contributed by atoms with Gasteiger partial charge in [0.1, 0.15) is 5.76 Å². The zero-order valence-corrected chi connectivity index (χ0v) is 10.6. The number of hydrogen-bond donors (Lipinski definition) is 0. The molecule has 3 heteroatoms. The minimum Gasteiger partial charge on any atom is -0.494 e. The molecule has 0 aliphatic heterocycles. The van der Waals surface area contributed by atoms with Crippen LogP contribution in [0, 0.1) is 0 Å². The van der Waals surface area contributed by atoms with E-state index in [9.17, 15) is 4.79 Å². The fraction of sp³-hybridized carbons (Fsp3) is 0.500. The second-order valence-electron chi connectivity index (χ2n) is 3.82. The second kappa shape index (κ2) is 5.82. The van der Waals surface area contributed by atoms with E-state index >= 15 is 0 Å². The normalized spacial score (nSPS) is 23.3. The van der Waals surface area contributed by atoms with Crippen LogP contribution in [0.15, 0.2) is 36.6 Å². The lowest BCUT2D eigenvalue weighted by molar-refractivity contribution is -0.148. The van der Waals surface area contributed by atoms with Crippen LogP contribution in [0.4, 0.5) is 0 Å². The molecular weight excluding hydrogens is 216 g/mol. The van der Waals surface area contributed by atoms with Gasteiger partial charge in [-0.1, -0.05) is 12.2 Å². The maximum Gasteiger partial charge on any atom is 0.202 e. The van der Waals surface area contributed by atoms with Crippen molar-refractivity contribution in [2.24, 2.45) is 0 Å². The van der Waals surface area contributed by atoms with Gasteiger partial charge < -0.3 is 9.47 Å². The fourth-order valence-corrected chi connectivity index (χ4v) is 2.13. The third-order valence-electron chi connectivity index (χ3n) is 2.74. The van der Waals surface area contributed by atoms with Crippen molar-refractivity contribution in [3.63, 3.8) is 0 Å². The highest BCUT2D eigenvalue weighted by atomic mass is 16.6. The monoisotopic (exact) mass is 236 g/mol. The Morgan fingerprint density at radius 3 is 2.41 bits per heavy atom. The summed E-state index contributed by atoms with van der Waals surface area (Å²) in [5, 5.41) is 0. The Labute approximate surface area is 103 Å². The maximum absolute atomic E-state index is 12.2. The van der Waals surface area contributed by atoms with Gasteiger partial charge in [0.05, 0.1) is 6.61 Å². The van der Waals surface area contributed by atoms with Gasteiger partial charge in [0.25, 0.3) is 0 Å². The van der Waals surface area contributed by atoms with E-state index < -0.39 is 5.60 Å². The molecule has 17 heavy (non-hydrogen) atoms. The van der Waals surface area contributed by atoms with E-state index in [1.54, 1.807) is 12.2 Å². The van der Waals surface area contributed by atoms with Gasteiger partial charge in [0, 0.05) is 18.6 Å². The molecule has 0 aromatic heterocycles. The molecule has 94 valence electrons. The Kier molecular flexibility index (Phi) is 4.70. The molecule has 0 bridgehead atoms. The average Bonchev–Trinajstić information content (AvgIpc) is 2.33. The van der Waals surface area contributed by atoms with Crippen molar-refractivity contribution in [2.75, 3.05) is 13.2 Å². The minimum absolute atomic E-state index is 0.00241. The standard InChI is InChI=1S/C14H20O3/c1-5-9-11-12(15)14(10-6-2,17-8-4)13(11)16-7-3/h5-6H,1-2,7-10H2,3-4H3. The summed E-state index contributed by atoms with van der Waals surface area (Å²) >= 11 is 0. The Morgan fingerprint density at radius 1 is 1.24 bits per heavy atom. The van der Waals surface area contributed by atoms with Gasteiger partial charge >= 0.3 is 0 Å². The van der Waals surface area contributed by atoms with E-state index in [4.69, 9.17) is 9.47 Å². The number of carbonyl (C=O) groups is 1. The summed E-state index contributed by atoms with van der Waals surface area (Å²) in [6.07, 6.45) is 4.38. The average molecular weight is 236 g/mol. The van der Waals surface area contributed by atoms with E-state index in [-0.39, 0.29) is 5.78 Å². The molecule has 0 spiro atoms. The predicted octanol–water partition coefficient (Wildman–Crippen LogP) is 2.79. The lowest BCUT2D eigenvalue weighted by Gasteiger charge is -2.42. The van der Waals surface area contributed by atoms with Gasteiger partial charge in [-0.05, 0) is 20.3 Å². The first-order chi connectivity index (χ1) is 8.17. The van der Waals surface area contributed by atoms with Crippen molar-refractivity contribution in [1.29, 1.82) is 0 Å². The third-order valence-corrected chi connectivity index (χ3v) is 2.74. The van der Waals surface area contributed by atoms with Gasteiger partial charge in [-0.2, -0.15) is 0 Å². The van der Waals surface area contributed by atoms with Crippen LogP contribution in [0.2, 0.25) is 0 Å². The second-order valence-corrected chi connectivity index (χ2v) is 3.82. The van der Waals surface area contributed by atoms with E-state index in [0.717, 1.165) is 0 Å². The van der Waals surface area contributed by atoms with Gasteiger partial charge in [-0.25, -0.2) is 0 Å². The molecule has 1 aliphatic rings. The minimum atomic E-state index is -0.926. The Hall–Kier alpha value is -1.35. The molecule has 0 fully saturated rings. The van der Waals surface area contributed by atoms with Crippen molar-refractivity contribution in [2.45, 2.75) is 32.3 Å². The first-order valence-electron chi connectivity index (χ1n) is 5.94. The lowest BCUT2D eigenvalue weighted by Crippen LogP contribution is -2.53. The molecule has 0 radical (unpaired) electrons. The van der Waals surface area contributed by atoms with Crippen molar-refractivity contribution in [3.8, 4) is 0 Å². The van der Waals surface area contributed by atoms with Crippen molar-refractivity contribution in [3.05, 3.63) is 36.6 Å². The van der Waals surface area contributed by atoms with Gasteiger partial charge in [0.15, 0.2) is 5.60 Å². The molecule has 3 nitrogen and oxygen atoms in total. The van der Waals surface area contributed by atoms with Crippen LogP contribution in [0.3, 0.4) is 0 Å². The number of carbonyl (C=O) groups excluding carboxylic acids is 1. The number of Topliss-reactive ketones (excluding diaryl/α,β-unsaturated/α-hetero) is 1. The highest BCUT2D eigenvalue weighted by molar-refractivity contribution is 6.12. The molecular formula is C14H20O3. The maximum atomic E-state index is 12.2. The molecule has 1 atom stereocenters. The molecule has 0 saturated carbocycles. The highest BCUT2D eigenvalue weighted by Crippen LogP contribution is 2.43. The molecule has 1 unspecified atom stereocenters. The molecule has 1 rings (SSSR count). The van der Waals surface area contributed by atoms with Crippen LogP contribution in [0.25, 0.3) is 0 Å². The zero-order valence-electron chi connectivity index (χ0n) is 10.6. The summed E-state index contributed by atoms with van der Waals surface area (Å²) < 4.78 is 11.2. The SMILES string of the molecule is C=CCC1=C(OCC)C(CC=C)(OCC)C1=O. The largest absolute Gasteiger partial charge is 0.494 e. The molecule has 0 amide bonds. The van der Waals surface area contributed by atoms with Gasteiger partial charge in [0.2, 0.25) is 5.78 Å². The van der Waals surface area contributed by atoms with E-state index in [1.165, 1.54) is 0 Å². The Bertz CT molecular complexity index is 354. The fourth-order valence-electron chi connectivity index (χ4n) is 2.13. The van der Waals surface area contributed by atoms with Crippen LogP contribution < -0.4 is 0 Å². The summed E-state index contributed by atoms with van der Waals surface area (Å²) in [7, 11) is 0. The zero-order chi connectivity index (χ0) is 12.9. The van der Waals surface area contributed by atoms with Crippen LogP contribution in [-0.4, -0.2) is 24.6 Å². The van der Waals surface area contributed by atoms with E-state index in [2.05, 4.69) is 13.2 Å². The predicted molar refractivity (Wildman–Crippen MR) is 67.6 cm³/mol. The first-order valence-corrected chi connectivity index (χ1v) is 5.94. The summed E-state index contributed by atoms with van der Waals surface area (Å²) in [5.41, 5.74) is -0.248.